The van der Waals surface area contributed by atoms with Crippen LogP contribution < -0.4 is 5.46 Å². The number of hydrogen-bond donors (Lipinski definition) is 2. The van der Waals surface area contributed by atoms with Gasteiger partial charge in [-0.3, -0.25) is 0 Å². The summed E-state index contributed by atoms with van der Waals surface area (Å²) in [5, 5.41) is 25.2. The van der Waals surface area contributed by atoms with Crippen molar-refractivity contribution in [3.8, 4) is 66.8 Å². The van der Waals surface area contributed by atoms with E-state index < -0.39 is 7.12 Å². The second-order valence-electron chi connectivity index (χ2n) is 13.5. The third-order valence-electron chi connectivity index (χ3n) is 10.2. The van der Waals surface area contributed by atoms with Crippen molar-refractivity contribution in [1.29, 1.82) is 0 Å². The van der Waals surface area contributed by atoms with Gasteiger partial charge in [0.25, 0.3) is 0 Å². The lowest BCUT2D eigenvalue weighted by atomic mass is 9.76. The van der Waals surface area contributed by atoms with Crippen LogP contribution in [-0.2, 0) is 0 Å². The zero-order valence-corrected chi connectivity index (χ0v) is 29.0. The van der Waals surface area contributed by atoms with E-state index in [4.69, 9.17) is 0 Å². The Morgan fingerprint density at radius 1 is 0.245 bits per heavy atom. The molecule has 0 aromatic heterocycles. The van der Waals surface area contributed by atoms with Gasteiger partial charge < -0.3 is 10.0 Å². The van der Waals surface area contributed by atoms with Gasteiger partial charge in [-0.25, -0.2) is 0 Å². The second-order valence-corrected chi connectivity index (χ2v) is 13.5. The van der Waals surface area contributed by atoms with Gasteiger partial charge in [-0.05, 0) is 130 Å². The zero-order valence-electron chi connectivity index (χ0n) is 29.0. The molecular weight excluding hydrogens is 643 g/mol. The molecule has 0 heterocycles. The summed E-state index contributed by atoms with van der Waals surface area (Å²) in [5.74, 6) is 0. The summed E-state index contributed by atoms with van der Waals surface area (Å²) in [5.41, 5.74) is 13.8. The normalized spacial score (nSPS) is 11.2. The topological polar surface area (TPSA) is 40.5 Å². The van der Waals surface area contributed by atoms with E-state index >= 15 is 0 Å². The fraction of sp³-hybridized carbons (Fsp3) is 0. The number of benzene rings is 9. The summed E-state index contributed by atoms with van der Waals surface area (Å²) in [6.07, 6.45) is 0. The van der Waals surface area contributed by atoms with Gasteiger partial charge in [0.05, 0.1) is 0 Å². The average Bonchev–Trinajstić information content (AvgIpc) is 3.23. The highest BCUT2D eigenvalue weighted by Gasteiger charge is 2.21. The minimum absolute atomic E-state index is 0.450. The molecule has 2 nitrogen and oxygen atoms in total. The summed E-state index contributed by atoms with van der Waals surface area (Å²) in [4.78, 5) is 0. The number of rotatable bonds is 7. The van der Waals surface area contributed by atoms with Crippen LogP contribution in [0, 0.1) is 0 Å². The van der Waals surface area contributed by atoms with Crippen LogP contribution in [0.1, 0.15) is 0 Å². The smallest absolute Gasteiger partial charge is 0.423 e. The van der Waals surface area contributed by atoms with Crippen molar-refractivity contribution < 1.29 is 10.0 Å². The summed E-state index contributed by atoms with van der Waals surface area (Å²) in [7, 11) is -1.61. The molecule has 0 saturated carbocycles. The Labute approximate surface area is 310 Å². The molecule has 0 bridgehead atoms. The van der Waals surface area contributed by atoms with E-state index in [1.807, 2.05) is 36.4 Å². The monoisotopic (exact) mass is 678 g/mol. The highest BCUT2D eigenvalue weighted by Crippen LogP contribution is 2.46. The van der Waals surface area contributed by atoms with Gasteiger partial charge in [-0.2, -0.15) is 0 Å². The van der Waals surface area contributed by atoms with Gasteiger partial charge in [0.15, 0.2) is 0 Å². The Bertz CT molecular complexity index is 2610. The Morgan fingerprint density at radius 3 is 0.906 bits per heavy atom. The molecule has 250 valence electrons. The van der Waals surface area contributed by atoms with E-state index in [9.17, 15) is 10.0 Å². The molecule has 0 spiro atoms. The largest absolute Gasteiger partial charge is 0.488 e. The van der Waals surface area contributed by atoms with E-state index in [1.54, 1.807) is 0 Å². The minimum atomic E-state index is -1.61. The summed E-state index contributed by atoms with van der Waals surface area (Å²) >= 11 is 0. The lowest BCUT2D eigenvalue weighted by molar-refractivity contribution is 0.426. The van der Waals surface area contributed by atoms with Crippen LogP contribution in [0.15, 0.2) is 200 Å². The lowest BCUT2D eigenvalue weighted by Crippen LogP contribution is -2.29. The van der Waals surface area contributed by atoms with Gasteiger partial charge in [0.1, 0.15) is 0 Å². The molecule has 0 saturated heterocycles. The third kappa shape index (κ3) is 6.23. The lowest BCUT2D eigenvalue weighted by Gasteiger charge is -2.21. The van der Waals surface area contributed by atoms with Gasteiger partial charge in [0.2, 0.25) is 0 Å². The van der Waals surface area contributed by atoms with E-state index in [-0.39, 0.29) is 0 Å². The number of hydrogen-bond acceptors (Lipinski definition) is 2. The molecule has 0 radical (unpaired) electrons. The summed E-state index contributed by atoms with van der Waals surface area (Å²) < 4.78 is 0. The average molecular weight is 679 g/mol. The molecule has 0 unspecified atom stereocenters. The highest BCUT2D eigenvalue weighted by molar-refractivity contribution is 6.59. The molecular formula is C50H35BO2. The Kier molecular flexibility index (Phi) is 8.49. The maximum absolute atomic E-state index is 10.5. The molecule has 0 aliphatic carbocycles. The predicted octanol–water partition coefficient (Wildman–Crippen LogP) is 11.7. The predicted molar refractivity (Wildman–Crippen MR) is 224 cm³/mol. The summed E-state index contributed by atoms with van der Waals surface area (Å²) in [6.45, 7) is 0. The minimum Gasteiger partial charge on any atom is -0.423 e. The number of fused-ring (bicyclic) bond motifs is 2. The fourth-order valence-corrected chi connectivity index (χ4v) is 7.71. The van der Waals surface area contributed by atoms with Crippen molar-refractivity contribution in [3.63, 3.8) is 0 Å². The molecule has 9 rings (SSSR count). The highest BCUT2D eigenvalue weighted by atomic mass is 16.4. The molecule has 3 heteroatoms. The van der Waals surface area contributed by atoms with Crippen LogP contribution in [0.2, 0.25) is 0 Å². The fourth-order valence-electron chi connectivity index (χ4n) is 7.71. The molecule has 0 aliphatic rings. The first kappa shape index (κ1) is 32.4. The molecule has 2 N–H and O–H groups in total. The first-order chi connectivity index (χ1) is 26.1. The Balaban J connectivity index is 1.39. The zero-order chi connectivity index (χ0) is 35.7. The van der Waals surface area contributed by atoms with E-state index in [0.717, 1.165) is 88.3 Å². The SMILES string of the molecule is OB(O)c1ccc2c(-c3cc(-c4ccccc4)cc(-c4ccccc4)c3)c3ccccc3c(-c3cc(-c4ccccc4)cc(-c4ccccc4)c3)c2c1. The van der Waals surface area contributed by atoms with Crippen LogP contribution in [0.3, 0.4) is 0 Å². The van der Waals surface area contributed by atoms with Crippen molar-refractivity contribution in [2.45, 2.75) is 0 Å². The van der Waals surface area contributed by atoms with Crippen LogP contribution in [0.5, 0.6) is 0 Å². The van der Waals surface area contributed by atoms with Crippen LogP contribution in [0.4, 0.5) is 0 Å². The van der Waals surface area contributed by atoms with Crippen LogP contribution >= 0.6 is 0 Å². The molecule has 9 aromatic carbocycles. The molecule has 0 aliphatic heterocycles. The first-order valence-electron chi connectivity index (χ1n) is 18.0. The third-order valence-corrected chi connectivity index (χ3v) is 10.2. The molecule has 53 heavy (non-hydrogen) atoms. The summed E-state index contributed by atoms with van der Waals surface area (Å²) in [6, 6.07) is 70.2. The quantitative estimate of drug-likeness (QED) is 0.130. The van der Waals surface area contributed by atoms with Crippen molar-refractivity contribution >= 4 is 34.1 Å². The van der Waals surface area contributed by atoms with Crippen molar-refractivity contribution in [2.24, 2.45) is 0 Å². The van der Waals surface area contributed by atoms with Crippen LogP contribution in [0.25, 0.3) is 88.3 Å². The van der Waals surface area contributed by atoms with Gasteiger partial charge in [-0.1, -0.05) is 164 Å². The maximum atomic E-state index is 10.5. The molecule has 0 atom stereocenters. The van der Waals surface area contributed by atoms with Crippen molar-refractivity contribution in [1.82, 2.24) is 0 Å². The Morgan fingerprint density at radius 2 is 0.547 bits per heavy atom. The van der Waals surface area contributed by atoms with Gasteiger partial charge >= 0.3 is 7.12 Å². The molecule has 9 aromatic rings. The molecule has 0 fully saturated rings. The van der Waals surface area contributed by atoms with E-state index in [0.29, 0.717) is 5.46 Å². The standard InChI is InChI=1S/C50H35BO2/c52-51(53)44-25-26-47-48(33-44)50(43-31-40(36-19-9-3-10-20-36)28-41(32-43)37-21-11-4-12-22-37)46-24-14-13-23-45(46)49(47)42-29-38(34-15-5-1-6-16-34)27-39(30-42)35-17-7-2-8-18-35/h1-33,52-53H. The van der Waals surface area contributed by atoms with Crippen LogP contribution in [-0.4, -0.2) is 17.2 Å². The van der Waals surface area contributed by atoms with E-state index in [2.05, 4.69) is 164 Å². The van der Waals surface area contributed by atoms with Crippen molar-refractivity contribution in [2.75, 3.05) is 0 Å². The first-order valence-corrected chi connectivity index (χ1v) is 18.0. The van der Waals surface area contributed by atoms with Crippen molar-refractivity contribution in [3.05, 3.63) is 200 Å². The second kappa shape index (κ2) is 13.9. The molecule has 0 amide bonds. The maximum Gasteiger partial charge on any atom is 0.488 e. The van der Waals surface area contributed by atoms with E-state index in [1.165, 1.54) is 0 Å². The van der Waals surface area contributed by atoms with Gasteiger partial charge in [-0.15, -0.1) is 0 Å². The Hall–Kier alpha value is -6.52. The van der Waals surface area contributed by atoms with Gasteiger partial charge in [0, 0.05) is 0 Å².